The van der Waals surface area contributed by atoms with Crippen LogP contribution in [0.4, 0.5) is 11.5 Å². The highest BCUT2D eigenvalue weighted by Gasteiger charge is 2.09. The molecular weight excluding hydrogens is 244 g/mol. The lowest BCUT2D eigenvalue weighted by Crippen LogP contribution is -1.97. The monoisotopic (exact) mass is 256 g/mol. The first-order chi connectivity index (χ1) is 9.28. The van der Waals surface area contributed by atoms with E-state index in [2.05, 4.69) is 25.6 Å². The van der Waals surface area contributed by atoms with E-state index in [0.717, 1.165) is 11.4 Å². The molecular formula is C12H12N6O. The zero-order valence-corrected chi connectivity index (χ0v) is 10.5. The number of hydrogen-bond donors (Lipinski definition) is 1. The highest BCUT2D eigenvalue weighted by atomic mass is 16.5. The van der Waals surface area contributed by atoms with Gasteiger partial charge in [0, 0.05) is 12.7 Å². The maximum absolute atomic E-state index is 5.11. The van der Waals surface area contributed by atoms with E-state index in [4.69, 9.17) is 4.74 Å². The molecule has 2 heterocycles. The normalized spacial score (nSPS) is 10.6. The molecule has 3 rings (SSSR count). The van der Waals surface area contributed by atoms with E-state index in [1.165, 1.54) is 6.33 Å². The van der Waals surface area contributed by atoms with Crippen LogP contribution < -0.4 is 10.1 Å². The number of fused-ring (bicyclic) bond motifs is 1. The Morgan fingerprint density at radius 3 is 2.68 bits per heavy atom. The molecule has 2 aromatic heterocycles. The van der Waals surface area contributed by atoms with E-state index in [-0.39, 0.29) is 0 Å². The Morgan fingerprint density at radius 2 is 1.95 bits per heavy atom. The SMILES string of the molecule is COc1ccc(Nc2ncnc3c2nnn3C)cc1. The highest BCUT2D eigenvalue weighted by Crippen LogP contribution is 2.22. The van der Waals surface area contributed by atoms with E-state index >= 15 is 0 Å². The first-order valence-corrected chi connectivity index (χ1v) is 5.69. The average molecular weight is 256 g/mol. The summed E-state index contributed by atoms with van der Waals surface area (Å²) in [5, 5.41) is 11.2. The lowest BCUT2D eigenvalue weighted by atomic mass is 10.3. The fourth-order valence-corrected chi connectivity index (χ4v) is 1.76. The standard InChI is InChI=1S/C12H12N6O/c1-18-12-10(16-17-18)11(13-7-14-12)15-8-3-5-9(19-2)6-4-8/h3-7H,1-2H3,(H,13,14,15). The van der Waals surface area contributed by atoms with Crippen LogP contribution in [0.15, 0.2) is 30.6 Å². The quantitative estimate of drug-likeness (QED) is 0.765. The van der Waals surface area contributed by atoms with Crippen LogP contribution in [0.3, 0.4) is 0 Å². The third kappa shape index (κ3) is 2.05. The molecule has 7 nitrogen and oxygen atoms in total. The maximum Gasteiger partial charge on any atom is 0.183 e. The second-order valence-corrected chi connectivity index (χ2v) is 3.96. The van der Waals surface area contributed by atoms with Crippen LogP contribution in [-0.2, 0) is 7.05 Å². The smallest absolute Gasteiger partial charge is 0.183 e. The molecule has 0 aliphatic rings. The molecule has 96 valence electrons. The van der Waals surface area contributed by atoms with Gasteiger partial charge < -0.3 is 10.1 Å². The summed E-state index contributed by atoms with van der Waals surface area (Å²) >= 11 is 0. The van der Waals surface area contributed by atoms with E-state index in [1.54, 1.807) is 18.8 Å². The Morgan fingerprint density at radius 1 is 1.16 bits per heavy atom. The Kier molecular flexibility index (Phi) is 2.71. The molecule has 0 unspecified atom stereocenters. The molecule has 0 amide bonds. The number of benzene rings is 1. The summed E-state index contributed by atoms with van der Waals surface area (Å²) in [4.78, 5) is 8.33. The summed E-state index contributed by atoms with van der Waals surface area (Å²) in [7, 11) is 3.43. The van der Waals surface area contributed by atoms with Gasteiger partial charge in [0.1, 0.15) is 12.1 Å². The topological polar surface area (TPSA) is 77.8 Å². The number of aryl methyl sites for hydroxylation is 1. The largest absolute Gasteiger partial charge is 0.497 e. The van der Waals surface area contributed by atoms with Gasteiger partial charge in [-0.3, -0.25) is 0 Å². The summed E-state index contributed by atoms with van der Waals surface area (Å²) in [5.74, 6) is 1.43. The summed E-state index contributed by atoms with van der Waals surface area (Å²) < 4.78 is 6.72. The van der Waals surface area contributed by atoms with Gasteiger partial charge >= 0.3 is 0 Å². The van der Waals surface area contributed by atoms with E-state index < -0.39 is 0 Å². The zero-order valence-electron chi connectivity index (χ0n) is 10.5. The fourth-order valence-electron chi connectivity index (χ4n) is 1.76. The molecule has 1 N–H and O–H groups in total. The number of hydrogen-bond acceptors (Lipinski definition) is 6. The molecule has 0 spiro atoms. The van der Waals surface area contributed by atoms with Crippen molar-refractivity contribution in [3.63, 3.8) is 0 Å². The Bertz CT molecular complexity index is 706. The number of aromatic nitrogens is 5. The van der Waals surface area contributed by atoms with Gasteiger partial charge in [0.15, 0.2) is 17.0 Å². The van der Waals surface area contributed by atoms with Crippen LogP contribution in [0.5, 0.6) is 5.75 Å². The lowest BCUT2D eigenvalue weighted by molar-refractivity contribution is 0.415. The molecule has 0 saturated heterocycles. The average Bonchev–Trinajstić information content (AvgIpc) is 2.83. The Balaban J connectivity index is 1.96. The van der Waals surface area contributed by atoms with Crippen molar-refractivity contribution < 1.29 is 4.74 Å². The van der Waals surface area contributed by atoms with Crippen molar-refractivity contribution in [2.75, 3.05) is 12.4 Å². The molecule has 1 aromatic carbocycles. The molecule has 0 saturated carbocycles. The molecule has 0 atom stereocenters. The van der Waals surface area contributed by atoms with Crippen LogP contribution in [0.25, 0.3) is 11.2 Å². The van der Waals surface area contributed by atoms with Gasteiger partial charge in [-0.1, -0.05) is 5.21 Å². The first-order valence-electron chi connectivity index (χ1n) is 5.69. The van der Waals surface area contributed by atoms with Gasteiger partial charge in [0.2, 0.25) is 0 Å². The van der Waals surface area contributed by atoms with Crippen molar-refractivity contribution in [1.29, 1.82) is 0 Å². The van der Waals surface area contributed by atoms with Gasteiger partial charge in [-0.2, -0.15) is 0 Å². The van der Waals surface area contributed by atoms with Gasteiger partial charge in [-0.05, 0) is 24.3 Å². The van der Waals surface area contributed by atoms with Crippen molar-refractivity contribution in [3.8, 4) is 5.75 Å². The van der Waals surface area contributed by atoms with Gasteiger partial charge in [-0.25, -0.2) is 14.6 Å². The summed E-state index contributed by atoms with van der Waals surface area (Å²) in [6, 6.07) is 7.56. The van der Waals surface area contributed by atoms with Crippen molar-refractivity contribution in [1.82, 2.24) is 25.0 Å². The van der Waals surface area contributed by atoms with Crippen LogP contribution in [0, 0.1) is 0 Å². The van der Waals surface area contributed by atoms with E-state index in [9.17, 15) is 0 Å². The summed E-state index contributed by atoms with van der Waals surface area (Å²) in [6.07, 6.45) is 1.48. The minimum absolute atomic E-state index is 0.628. The molecule has 0 bridgehead atoms. The van der Waals surface area contributed by atoms with Crippen LogP contribution in [0.1, 0.15) is 0 Å². The molecule has 0 fully saturated rings. The van der Waals surface area contributed by atoms with Crippen molar-refractivity contribution in [3.05, 3.63) is 30.6 Å². The van der Waals surface area contributed by atoms with E-state index in [1.807, 2.05) is 24.3 Å². The molecule has 0 aliphatic heterocycles. The minimum atomic E-state index is 0.628. The first kappa shape index (κ1) is 11.4. The van der Waals surface area contributed by atoms with Crippen LogP contribution in [-0.4, -0.2) is 32.1 Å². The molecule has 19 heavy (non-hydrogen) atoms. The van der Waals surface area contributed by atoms with Gasteiger partial charge in [0.05, 0.1) is 7.11 Å². The van der Waals surface area contributed by atoms with Crippen molar-refractivity contribution >= 4 is 22.7 Å². The van der Waals surface area contributed by atoms with Gasteiger partial charge in [-0.15, -0.1) is 5.10 Å². The summed E-state index contributed by atoms with van der Waals surface area (Å²) in [5.41, 5.74) is 2.22. The van der Waals surface area contributed by atoms with Crippen LogP contribution in [0.2, 0.25) is 0 Å². The number of rotatable bonds is 3. The number of methoxy groups -OCH3 is 1. The Hall–Kier alpha value is -2.70. The maximum atomic E-state index is 5.11. The Labute approximate surface area is 109 Å². The summed E-state index contributed by atoms with van der Waals surface area (Å²) in [6.45, 7) is 0. The van der Waals surface area contributed by atoms with Crippen molar-refractivity contribution in [2.45, 2.75) is 0 Å². The van der Waals surface area contributed by atoms with Crippen LogP contribution >= 0.6 is 0 Å². The predicted octanol–water partition coefficient (Wildman–Crippen LogP) is 1.51. The number of nitrogens with one attached hydrogen (secondary N) is 1. The highest BCUT2D eigenvalue weighted by molar-refractivity contribution is 5.84. The third-order valence-corrected chi connectivity index (χ3v) is 2.74. The number of nitrogens with zero attached hydrogens (tertiary/aromatic N) is 5. The molecule has 3 aromatic rings. The molecule has 0 radical (unpaired) electrons. The number of anilines is 2. The zero-order chi connectivity index (χ0) is 13.2. The third-order valence-electron chi connectivity index (χ3n) is 2.74. The number of ether oxygens (including phenoxy) is 1. The second-order valence-electron chi connectivity index (χ2n) is 3.96. The second kappa shape index (κ2) is 4.52. The molecule has 7 heteroatoms. The molecule has 0 aliphatic carbocycles. The predicted molar refractivity (Wildman–Crippen MR) is 70.4 cm³/mol. The van der Waals surface area contributed by atoms with E-state index in [0.29, 0.717) is 17.0 Å². The lowest BCUT2D eigenvalue weighted by Gasteiger charge is -2.06. The van der Waals surface area contributed by atoms with Gasteiger partial charge in [0.25, 0.3) is 0 Å². The minimum Gasteiger partial charge on any atom is -0.497 e. The van der Waals surface area contributed by atoms with Crippen molar-refractivity contribution in [2.24, 2.45) is 7.05 Å². The fraction of sp³-hybridized carbons (Fsp3) is 0.167.